The molecule has 0 unspecified atom stereocenters. The van der Waals surface area contributed by atoms with Gasteiger partial charge in [0.2, 0.25) is 0 Å². The lowest BCUT2D eigenvalue weighted by Gasteiger charge is -2.28. The average Bonchev–Trinajstić information content (AvgIpc) is 2.29. The van der Waals surface area contributed by atoms with Crippen molar-refractivity contribution in [3.63, 3.8) is 0 Å². The Labute approximate surface area is 112 Å². The van der Waals surface area contributed by atoms with Gasteiger partial charge in [-0.05, 0) is 44.4 Å². The third-order valence-electron chi connectivity index (χ3n) is 2.90. The first-order valence-corrected chi connectivity index (χ1v) is 6.95. The first kappa shape index (κ1) is 15.0. The quantitative estimate of drug-likeness (QED) is 0.738. The van der Waals surface area contributed by atoms with Crippen LogP contribution in [0.2, 0.25) is 0 Å². The van der Waals surface area contributed by atoms with Crippen LogP contribution in [0.5, 0.6) is 5.75 Å². The van der Waals surface area contributed by atoms with E-state index in [0.717, 1.165) is 25.3 Å². The van der Waals surface area contributed by atoms with E-state index >= 15 is 0 Å². The lowest BCUT2D eigenvalue weighted by molar-refractivity contribution is 0.106. The van der Waals surface area contributed by atoms with E-state index in [2.05, 4.69) is 58.1 Å². The van der Waals surface area contributed by atoms with E-state index in [-0.39, 0.29) is 5.60 Å². The van der Waals surface area contributed by atoms with Crippen LogP contribution in [0.25, 0.3) is 0 Å². The van der Waals surface area contributed by atoms with Gasteiger partial charge in [-0.1, -0.05) is 39.0 Å². The van der Waals surface area contributed by atoms with Gasteiger partial charge >= 0.3 is 0 Å². The summed E-state index contributed by atoms with van der Waals surface area (Å²) >= 11 is 0. The topological polar surface area (TPSA) is 21.3 Å². The summed E-state index contributed by atoms with van der Waals surface area (Å²) in [5.41, 5.74) is 1.10. The standard InChI is InChI=1S/C16H27NO/c1-6-11-17-12-16(4,5)18-15-10-8-7-9-14(15)13(2)3/h7-10,13,17H,6,11-12H2,1-5H3. The Hall–Kier alpha value is -1.02. The van der Waals surface area contributed by atoms with Gasteiger partial charge in [-0.25, -0.2) is 0 Å². The molecule has 0 bridgehead atoms. The van der Waals surface area contributed by atoms with Crippen molar-refractivity contribution in [3.8, 4) is 5.75 Å². The maximum Gasteiger partial charge on any atom is 0.123 e. The Morgan fingerprint density at radius 1 is 1.22 bits per heavy atom. The van der Waals surface area contributed by atoms with Crippen molar-refractivity contribution in [2.45, 2.75) is 52.6 Å². The number of benzene rings is 1. The number of nitrogens with one attached hydrogen (secondary N) is 1. The Bertz CT molecular complexity index is 358. The van der Waals surface area contributed by atoms with Crippen LogP contribution in [0, 0.1) is 0 Å². The number of rotatable bonds is 7. The smallest absolute Gasteiger partial charge is 0.123 e. The fourth-order valence-electron chi connectivity index (χ4n) is 1.95. The van der Waals surface area contributed by atoms with Crippen LogP contribution in [-0.4, -0.2) is 18.7 Å². The normalized spacial score (nSPS) is 11.9. The highest BCUT2D eigenvalue weighted by molar-refractivity contribution is 5.36. The van der Waals surface area contributed by atoms with Crippen molar-refractivity contribution in [1.82, 2.24) is 5.32 Å². The van der Waals surface area contributed by atoms with Crippen molar-refractivity contribution in [2.24, 2.45) is 0 Å². The molecule has 18 heavy (non-hydrogen) atoms. The van der Waals surface area contributed by atoms with Crippen molar-refractivity contribution >= 4 is 0 Å². The van der Waals surface area contributed by atoms with Gasteiger partial charge in [-0.15, -0.1) is 0 Å². The lowest BCUT2D eigenvalue weighted by atomic mass is 10.0. The van der Waals surface area contributed by atoms with Crippen LogP contribution in [-0.2, 0) is 0 Å². The van der Waals surface area contributed by atoms with Crippen LogP contribution >= 0.6 is 0 Å². The first-order valence-electron chi connectivity index (χ1n) is 6.95. The number of hydrogen-bond donors (Lipinski definition) is 1. The summed E-state index contributed by atoms with van der Waals surface area (Å²) in [5, 5.41) is 3.42. The minimum absolute atomic E-state index is 0.180. The van der Waals surface area contributed by atoms with E-state index in [1.165, 1.54) is 5.56 Å². The number of para-hydroxylation sites is 1. The van der Waals surface area contributed by atoms with Gasteiger partial charge < -0.3 is 10.1 Å². The van der Waals surface area contributed by atoms with Crippen LogP contribution in [0.15, 0.2) is 24.3 Å². The molecule has 0 radical (unpaired) electrons. The molecule has 102 valence electrons. The third-order valence-corrected chi connectivity index (χ3v) is 2.90. The van der Waals surface area contributed by atoms with Gasteiger partial charge in [-0.3, -0.25) is 0 Å². The molecule has 0 heterocycles. The second-order valence-corrected chi connectivity index (χ2v) is 5.73. The zero-order chi connectivity index (χ0) is 13.6. The molecule has 0 saturated carbocycles. The van der Waals surface area contributed by atoms with Crippen LogP contribution in [0.3, 0.4) is 0 Å². The second-order valence-electron chi connectivity index (χ2n) is 5.73. The van der Waals surface area contributed by atoms with Gasteiger partial charge in [0.15, 0.2) is 0 Å². The van der Waals surface area contributed by atoms with Crippen LogP contribution in [0.1, 0.15) is 52.5 Å². The predicted molar refractivity (Wildman–Crippen MR) is 78.4 cm³/mol. The largest absolute Gasteiger partial charge is 0.486 e. The molecule has 0 aliphatic rings. The van der Waals surface area contributed by atoms with E-state index in [1.54, 1.807) is 0 Å². The summed E-state index contributed by atoms with van der Waals surface area (Å²) in [6.45, 7) is 12.7. The molecule has 0 saturated heterocycles. The minimum Gasteiger partial charge on any atom is -0.486 e. The highest BCUT2D eigenvalue weighted by Crippen LogP contribution is 2.28. The van der Waals surface area contributed by atoms with Gasteiger partial charge in [0, 0.05) is 6.54 Å². The molecule has 2 heteroatoms. The van der Waals surface area contributed by atoms with Crippen LogP contribution in [0.4, 0.5) is 0 Å². The zero-order valence-corrected chi connectivity index (χ0v) is 12.4. The van der Waals surface area contributed by atoms with Crippen molar-refractivity contribution in [3.05, 3.63) is 29.8 Å². The molecule has 1 N–H and O–H groups in total. The molecule has 0 aliphatic heterocycles. The summed E-state index contributed by atoms with van der Waals surface area (Å²) < 4.78 is 6.18. The van der Waals surface area contributed by atoms with E-state index in [1.807, 2.05) is 6.07 Å². The van der Waals surface area contributed by atoms with Gasteiger partial charge in [0.05, 0.1) is 0 Å². The number of hydrogen-bond acceptors (Lipinski definition) is 2. The maximum atomic E-state index is 6.18. The van der Waals surface area contributed by atoms with Crippen LogP contribution < -0.4 is 10.1 Å². The highest BCUT2D eigenvalue weighted by atomic mass is 16.5. The minimum atomic E-state index is -0.180. The maximum absolute atomic E-state index is 6.18. The van der Waals surface area contributed by atoms with E-state index in [0.29, 0.717) is 5.92 Å². The SMILES string of the molecule is CCCNCC(C)(C)Oc1ccccc1C(C)C. The Kier molecular flexibility index (Phi) is 5.67. The van der Waals surface area contributed by atoms with E-state index < -0.39 is 0 Å². The van der Waals surface area contributed by atoms with Crippen molar-refractivity contribution in [2.75, 3.05) is 13.1 Å². The summed E-state index contributed by atoms with van der Waals surface area (Å²) in [5.74, 6) is 1.50. The molecular weight excluding hydrogens is 222 g/mol. The fourth-order valence-corrected chi connectivity index (χ4v) is 1.95. The van der Waals surface area contributed by atoms with Gasteiger partial charge in [0.1, 0.15) is 11.4 Å². The predicted octanol–water partition coefficient (Wildman–Crippen LogP) is 3.97. The molecule has 0 fully saturated rings. The molecule has 0 atom stereocenters. The van der Waals surface area contributed by atoms with Crippen molar-refractivity contribution in [1.29, 1.82) is 0 Å². The summed E-state index contributed by atoms with van der Waals surface area (Å²) in [7, 11) is 0. The highest BCUT2D eigenvalue weighted by Gasteiger charge is 2.21. The molecule has 0 spiro atoms. The van der Waals surface area contributed by atoms with Crippen molar-refractivity contribution < 1.29 is 4.74 Å². The Morgan fingerprint density at radius 2 is 1.89 bits per heavy atom. The average molecular weight is 249 g/mol. The summed E-state index contributed by atoms with van der Waals surface area (Å²) in [6, 6.07) is 8.33. The zero-order valence-electron chi connectivity index (χ0n) is 12.4. The monoisotopic (exact) mass is 249 g/mol. The first-order chi connectivity index (χ1) is 8.46. The number of ether oxygens (including phenoxy) is 1. The molecule has 0 amide bonds. The Morgan fingerprint density at radius 3 is 2.50 bits per heavy atom. The fraction of sp³-hybridized carbons (Fsp3) is 0.625. The summed E-state index contributed by atoms with van der Waals surface area (Å²) in [4.78, 5) is 0. The molecule has 0 aromatic heterocycles. The van der Waals surface area contributed by atoms with E-state index in [9.17, 15) is 0 Å². The Balaban J connectivity index is 2.71. The molecule has 1 rings (SSSR count). The molecule has 0 aliphatic carbocycles. The second kappa shape index (κ2) is 6.79. The van der Waals surface area contributed by atoms with E-state index in [4.69, 9.17) is 4.74 Å². The molecular formula is C16H27NO. The summed E-state index contributed by atoms with van der Waals surface area (Å²) in [6.07, 6.45) is 1.15. The van der Waals surface area contributed by atoms with Gasteiger partial charge in [0.25, 0.3) is 0 Å². The molecule has 1 aromatic rings. The lowest BCUT2D eigenvalue weighted by Crippen LogP contribution is -2.40. The van der Waals surface area contributed by atoms with Gasteiger partial charge in [-0.2, -0.15) is 0 Å². The molecule has 1 aromatic carbocycles. The molecule has 2 nitrogen and oxygen atoms in total. The third kappa shape index (κ3) is 4.69.